The lowest BCUT2D eigenvalue weighted by Gasteiger charge is -2.30. The molecule has 0 bridgehead atoms. The van der Waals surface area contributed by atoms with Gasteiger partial charge in [-0.25, -0.2) is 13.1 Å². The molecule has 1 aliphatic heterocycles. The van der Waals surface area contributed by atoms with Crippen molar-refractivity contribution in [2.24, 2.45) is 5.92 Å². The summed E-state index contributed by atoms with van der Waals surface area (Å²) in [4.78, 5) is 12.5. The fourth-order valence-corrected chi connectivity index (χ4v) is 4.33. The minimum absolute atomic E-state index is 0.0327. The van der Waals surface area contributed by atoms with Crippen molar-refractivity contribution in [1.82, 2.24) is 15.4 Å². The Bertz CT molecular complexity index is 719. The van der Waals surface area contributed by atoms with Gasteiger partial charge in [0.1, 0.15) is 10.6 Å². The van der Waals surface area contributed by atoms with Crippen LogP contribution in [-0.4, -0.2) is 46.6 Å². The maximum atomic E-state index is 12.6. The molecular formula is C17H27N3O4S. The van der Waals surface area contributed by atoms with Crippen LogP contribution in [0.1, 0.15) is 37.6 Å². The van der Waals surface area contributed by atoms with Crippen LogP contribution in [0.15, 0.2) is 23.1 Å². The van der Waals surface area contributed by atoms with E-state index in [2.05, 4.69) is 22.3 Å². The van der Waals surface area contributed by atoms with Crippen LogP contribution in [0.4, 0.5) is 0 Å². The van der Waals surface area contributed by atoms with E-state index in [9.17, 15) is 13.2 Å². The Kier molecular flexibility index (Phi) is 6.42. The summed E-state index contributed by atoms with van der Waals surface area (Å²) >= 11 is 0. The van der Waals surface area contributed by atoms with Gasteiger partial charge in [0.2, 0.25) is 10.0 Å². The summed E-state index contributed by atoms with van der Waals surface area (Å²) in [5, 5.41) is 6.29. The molecule has 2 atom stereocenters. The molecule has 3 N–H and O–H groups in total. The van der Waals surface area contributed by atoms with Crippen LogP contribution in [0.5, 0.6) is 5.75 Å². The zero-order chi connectivity index (χ0) is 18.6. The topological polar surface area (TPSA) is 96.5 Å². The molecule has 8 heteroatoms. The third kappa shape index (κ3) is 4.93. The van der Waals surface area contributed by atoms with E-state index in [0.29, 0.717) is 11.5 Å². The number of carbonyl (C=O) groups excluding carboxylic acids is 1. The lowest BCUT2D eigenvalue weighted by molar-refractivity contribution is 0.0914. The molecule has 0 aromatic heterocycles. The molecular weight excluding hydrogens is 342 g/mol. The van der Waals surface area contributed by atoms with Crippen LogP contribution in [0.3, 0.4) is 0 Å². The lowest BCUT2D eigenvalue weighted by atomic mass is 9.95. The molecule has 0 radical (unpaired) electrons. The quantitative estimate of drug-likeness (QED) is 0.698. The van der Waals surface area contributed by atoms with Crippen molar-refractivity contribution in [3.63, 3.8) is 0 Å². The predicted molar refractivity (Wildman–Crippen MR) is 96.4 cm³/mol. The molecule has 140 valence electrons. The standard InChI is InChI=1S/C17H27N3O4S/c1-11(2)20-25(22,23)16-9-13(5-6-15(16)24-4)17(21)19-14-7-8-18-10-12(14)3/h5-6,9,11-12,14,18,20H,7-8,10H2,1-4H3,(H,19,21). The molecule has 1 amide bonds. The van der Waals surface area contributed by atoms with Crippen LogP contribution >= 0.6 is 0 Å². The van der Waals surface area contributed by atoms with Crippen LogP contribution in [0.25, 0.3) is 0 Å². The van der Waals surface area contributed by atoms with E-state index in [-0.39, 0.29) is 28.6 Å². The summed E-state index contributed by atoms with van der Waals surface area (Å²) in [6.07, 6.45) is 0.850. The SMILES string of the molecule is COc1ccc(C(=O)NC2CCNCC2C)cc1S(=O)(=O)NC(C)C. The Balaban J connectivity index is 2.27. The van der Waals surface area contributed by atoms with E-state index >= 15 is 0 Å². The third-order valence-corrected chi connectivity index (χ3v) is 5.89. The van der Waals surface area contributed by atoms with Crippen molar-refractivity contribution in [1.29, 1.82) is 0 Å². The van der Waals surface area contributed by atoms with E-state index in [1.807, 2.05) is 0 Å². The van der Waals surface area contributed by atoms with Gasteiger partial charge >= 0.3 is 0 Å². The van der Waals surface area contributed by atoms with Crippen molar-refractivity contribution in [2.75, 3.05) is 20.2 Å². The minimum Gasteiger partial charge on any atom is -0.495 e. The van der Waals surface area contributed by atoms with Gasteiger partial charge in [0.05, 0.1) is 7.11 Å². The highest BCUT2D eigenvalue weighted by atomic mass is 32.2. The average Bonchev–Trinajstić information content (AvgIpc) is 2.55. The average molecular weight is 369 g/mol. The molecule has 2 rings (SSSR count). The monoisotopic (exact) mass is 369 g/mol. The van der Waals surface area contributed by atoms with Crippen molar-refractivity contribution in [3.8, 4) is 5.75 Å². The number of hydrogen-bond acceptors (Lipinski definition) is 5. The van der Waals surface area contributed by atoms with Gasteiger partial charge in [0.15, 0.2) is 0 Å². The Morgan fingerprint density at radius 2 is 2.08 bits per heavy atom. The van der Waals surface area contributed by atoms with E-state index in [1.54, 1.807) is 19.9 Å². The molecule has 1 aromatic carbocycles. The molecule has 2 unspecified atom stereocenters. The van der Waals surface area contributed by atoms with Crippen LogP contribution in [0, 0.1) is 5.92 Å². The molecule has 7 nitrogen and oxygen atoms in total. The van der Waals surface area contributed by atoms with Gasteiger partial charge in [-0.05, 0) is 57.5 Å². The van der Waals surface area contributed by atoms with Crippen LogP contribution in [0.2, 0.25) is 0 Å². The number of benzene rings is 1. The first-order chi connectivity index (χ1) is 11.7. The molecule has 0 spiro atoms. The number of amides is 1. The molecule has 1 aromatic rings. The molecule has 1 saturated heterocycles. The fraction of sp³-hybridized carbons (Fsp3) is 0.588. The molecule has 1 aliphatic rings. The van der Waals surface area contributed by atoms with Crippen LogP contribution < -0.4 is 20.1 Å². The van der Waals surface area contributed by atoms with Crippen molar-refractivity contribution < 1.29 is 17.9 Å². The number of sulfonamides is 1. The summed E-state index contributed by atoms with van der Waals surface area (Å²) in [7, 11) is -2.36. The number of carbonyl (C=O) groups is 1. The van der Waals surface area contributed by atoms with Gasteiger partial charge in [-0.2, -0.15) is 0 Å². The number of methoxy groups -OCH3 is 1. The second kappa shape index (κ2) is 8.16. The smallest absolute Gasteiger partial charge is 0.251 e. The van der Waals surface area contributed by atoms with Gasteiger partial charge in [-0.3, -0.25) is 4.79 Å². The number of piperidine rings is 1. The first kappa shape index (κ1) is 19.7. The summed E-state index contributed by atoms with van der Waals surface area (Å²) < 4.78 is 32.7. The number of ether oxygens (including phenoxy) is 1. The highest BCUT2D eigenvalue weighted by molar-refractivity contribution is 7.89. The van der Waals surface area contributed by atoms with Crippen molar-refractivity contribution in [3.05, 3.63) is 23.8 Å². The van der Waals surface area contributed by atoms with Gasteiger partial charge in [-0.1, -0.05) is 6.92 Å². The number of nitrogens with one attached hydrogen (secondary N) is 3. The molecule has 0 saturated carbocycles. The molecule has 25 heavy (non-hydrogen) atoms. The largest absolute Gasteiger partial charge is 0.495 e. The summed E-state index contributed by atoms with van der Waals surface area (Å²) in [5.74, 6) is 0.254. The van der Waals surface area contributed by atoms with E-state index in [4.69, 9.17) is 4.74 Å². The fourth-order valence-electron chi connectivity index (χ4n) is 2.88. The molecule has 0 aliphatic carbocycles. The molecule has 1 fully saturated rings. The maximum Gasteiger partial charge on any atom is 0.251 e. The van der Waals surface area contributed by atoms with Gasteiger partial charge < -0.3 is 15.4 Å². The first-order valence-corrected chi connectivity index (χ1v) is 9.95. The Labute approximate surface area is 149 Å². The van der Waals surface area contributed by atoms with Crippen LogP contribution in [-0.2, 0) is 10.0 Å². The first-order valence-electron chi connectivity index (χ1n) is 8.46. The van der Waals surface area contributed by atoms with E-state index in [0.717, 1.165) is 19.5 Å². The highest BCUT2D eigenvalue weighted by Crippen LogP contribution is 2.25. The van der Waals surface area contributed by atoms with Gasteiger partial charge in [0, 0.05) is 17.6 Å². The van der Waals surface area contributed by atoms with E-state index in [1.165, 1.54) is 19.2 Å². The third-order valence-electron chi connectivity index (χ3n) is 4.21. The summed E-state index contributed by atoms with van der Waals surface area (Å²) in [6.45, 7) is 7.26. The lowest BCUT2D eigenvalue weighted by Crippen LogP contribution is -2.48. The Hall–Kier alpha value is -1.64. The second-order valence-corrected chi connectivity index (χ2v) is 8.37. The molecule has 1 heterocycles. The van der Waals surface area contributed by atoms with E-state index < -0.39 is 10.0 Å². The Morgan fingerprint density at radius 3 is 2.68 bits per heavy atom. The maximum absolute atomic E-state index is 12.6. The zero-order valence-electron chi connectivity index (χ0n) is 15.1. The van der Waals surface area contributed by atoms with Crippen molar-refractivity contribution in [2.45, 2.75) is 44.2 Å². The minimum atomic E-state index is -3.77. The second-order valence-electron chi connectivity index (χ2n) is 6.69. The number of rotatable bonds is 6. The normalized spacial score (nSPS) is 21.2. The summed E-state index contributed by atoms with van der Waals surface area (Å²) in [6, 6.07) is 4.27. The van der Waals surface area contributed by atoms with Gasteiger partial charge in [-0.15, -0.1) is 0 Å². The number of hydrogen-bond donors (Lipinski definition) is 3. The zero-order valence-corrected chi connectivity index (χ0v) is 15.9. The van der Waals surface area contributed by atoms with Gasteiger partial charge in [0.25, 0.3) is 5.91 Å². The summed E-state index contributed by atoms with van der Waals surface area (Å²) in [5.41, 5.74) is 0.302. The Morgan fingerprint density at radius 1 is 1.36 bits per heavy atom. The predicted octanol–water partition coefficient (Wildman–Crippen LogP) is 1.11. The van der Waals surface area contributed by atoms with Crippen molar-refractivity contribution >= 4 is 15.9 Å². The highest BCUT2D eigenvalue weighted by Gasteiger charge is 2.25.